The molecule has 2 aromatic carbocycles. The second-order valence-electron chi connectivity index (χ2n) is 4.84. The number of ether oxygens (including phenoxy) is 2. The van der Waals surface area contributed by atoms with Crippen LogP contribution in [-0.4, -0.2) is 23.2 Å². The second kappa shape index (κ2) is 4.66. The molecule has 1 aliphatic heterocycles. The highest BCUT2D eigenvalue weighted by atomic mass is 79.9. The molecule has 0 atom stereocenters. The van der Waals surface area contributed by atoms with Crippen molar-refractivity contribution in [3.05, 3.63) is 34.8 Å². The summed E-state index contributed by atoms with van der Waals surface area (Å²) in [7, 11) is 0. The Morgan fingerprint density at radius 1 is 1.10 bits per heavy atom. The van der Waals surface area contributed by atoms with Crippen LogP contribution in [-0.2, 0) is 0 Å². The fraction of sp³-hybridized carbons (Fsp3) is 0.133. The number of nitrogens with zero attached hydrogens (tertiary/aromatic N) is 1. The molecule has 0 fully saturated rings. The topological polar surface area (TPSA) is 73.2 Å². The number of nitrogens with two attached hydrogens (primary N) is 1. The number of anilines is 1. The van der Waals surface area contributed by atoms with E-state index in [1.54, 1.807) is 0 Å². The summed E-state index contributed by atoms with van der Waals surface area (Å²) in [6.07, 6.45) is 0. The highest BCUT2D eigenvalue weighted by Gasteiger charge is 2.14. The highest BCUT2D eigenvalue weighted by Crippen LogP contribution is 2.35. The first-order chi connectivity index (χ1) is 10.2. The molecule has 3 N–H and O–H groups in total. The molecule has 0 aliphatic carbocycles. The molecule has 0 saturated carbocycles. The zero-order valence-electron chi connectivity index (χ0n) is 11.0. The Bertz CT molecular complexity index is 844. The molecular formula is C15H12BrN3O2. The number of hydrogen-bond donors (Lipinski definition) is 2. The Balaban J connectivity index is 1.84. The van der Waals surface area contributed by atoms with Crippen LogP contribution in [0.4, 0.5) is 5.69 Å². The SMILES string of the molecule is Nc1cc(Br)cc2[nH]c(-c3ccc4c(c3)OCCO4)nc12. The molecule has 0 saturated heterocycles. The van der Waals surface area contributed by atoms with Crippen molar-refractivity contribution in [1.29, 1.82) is 0 Å². The minimum Gasteiger partial charge on any atom is -0.486 e. The van der Waals surface area contributed by atoms with Gasteiger partial charge in [0.2, 0.25) is 0 Å². The molecule has 0 radical (unpaired) electrons. The maximum absolute atomic E-state index is 6.00. The van der Waals surface area contributed by atoms with Gasteiger partial charge in [0.1, 0.15) is 24.6 Å². The van der Waals surface area contributed by atoms with Gasteiger partial charge >= 0.3 is 0 Å². The summed E-state index contributed by atoms with van der Waals surface area (Å²) in [6, 6.07) is 9.58. The average Bonchev–Trinajstić information content (AvgIpc) is 2.91. The van der Waals surface area contributed by atoms with Gasteiger partial charge in [0.25, 0.3) is 0 Å². The van der Waals surface area contributed by atoms with Gasteiger partial charge in [0, 0.05) is 10.0 Å². The second-order valence-corrected chi connectivity index (χ2v) is 5.75. The number of nitrogen functional groups attached to an aromatic ring is 1. The quantitative estimate of drug-likeness (QED) is 0.663. The van der Waals surface area contributed by atoms with E-state index in [1.807, 2.05) is 30.3 Å². The fourth-order valence-electron chi connectivity index (χ4n) is 2.44. The first-order valence-corrected chi connectivity index (χ1v) is 7.35. The lowest BCUT2D eigenvalue weighted by Crippen LogP contribution is -2.15. The van der Waals surface area contributed by atoms with Gasteiger partial charge in [-0.15, -0.1) is 0 Å². The Morgan fingerprint density at radius 2 is 1.90 bits per heavy atom. The van der Waals surface area contributed by atoms with Crippen LogP contribution < -0.4 is 15.2 Å². The monoisotopic (exact) mass is 345 g/mol. The molecule has 0 spiro atoms. The molecule has 3 aromatic rings. The summed E-state index contributed by atoms with van der Waals surface area (Å²) >= 11 is 3.43. The number of imidazole rings is 1. The van der Waals surface area contributed by atoms with E-state index in [4.69, 9.17) is 15.2 Å². The van der Waals surface area contributed by atoms with Crippen LogP contribution >= 0.6 is 15.9 Å². The van der Waals surface area contributed by atoms with E-state index in [0.29, 0.717) is 18.9 Å². The normalized spacial score (nSPS) is 13.6. The number of hydrogen-bond acceptors (Lipinski definition) is 4. The Kier molecular flexibility index (Phi) is 2.78. The van der Waals surface area contributed by atoms with Crippen LogP contribution in [0.2, 0.25) is 0 Å². The summed E-state index contributed by atoms with van der Waals surface area (Å²) < 4.78 is 12.1. The van der Waals surface area contributed by atoms with Crippen molar-refractivity contribution in [3.8, 4) is 22.9 Å². The fourth-order valence-corrected chi connectivity index (χ4v) is 2.91. The van der Waals surface area contributed by atoms with Crippen LogP contribution in [0.3, 0.4) is 0 Å². The first kappa shape index (κ1) is 12.5. The van der Waals surface area contributed by atoms with Crippen molar-refractivity contribution in [2.24, 2.45) is 0 Å². The molecule has 106 valence electrons. The van der Waals surface area contributed by atoms with E-state index in [1.165, 1.54) is 0 Å². The van der Waals surface area contributed by atoms with Crippen molar-refractivity contribution in [2.75, 3.05) is 18.9 Å². The molecule has 1 aromatic heterocycles. The molecule has 4 rings (SSSR count). The molecule has 0 amide bonds. The van der Waals surface area contributed by atoms with Gasteiger partial charge in [0.05, 0.1) is 11.2 Å². The van der Waals surface area contributed by atoms with Crippen LogP contribution in [0, 0.1) is 0 Å². The summed E-state index contributed by atoms with van der Waals surface area (Å²) in [6.45, 7) is 1.15. The third-order valence-electron chi connectivity index (χ3n) is 3.40. The van der Waals surface area contributed by atoms with E-state index >= 15 is 0 Å². The van der Waals surface area contributed by atoms with Gasteiger partial charge in [-0.05, 0) is 30.3 Å². The average molecular weight is 346 g/mol. The lowest BCUT2D eigenvalue weighted by atomic mass is 10.2. The third-order valence-corrected chi connectivity index (χ3v) is 3.85. The maximum Gasteiger partial charge on any atom is 0.162 e. The molecule has 5 nitrogen and oxygen atoms in total. The van der Waals surface area contributed by atoms with E-state index in [-0.39, 0.29) is 0 Å². The van der Waals surface area contributed by atoms with Crippen LogP contribution in [0.5, 0.6) is 11.5 Å². The Labute approximate surface area is 129 Å². The maximum atomic E-state index is 6.00. The van der Waals surface area contributed by atoms with Gasteiger partial charge < -0.3 is 20.2 Å². The number of rotatable bonds is 1. The predicted molar refractivity (Wildman–Crippen MR) is 84.6 cm³/mol. The van der Waals surface area contributed by atoms with Crippen molar-refractivity contribution in [3.63, 3.8) is 0 Å². The molecule has 1 aliphatic rings. The first-order valence-electron chi connectivity index (χ1n) is 6.55. The van der Waals surface area contributed by atoms with Gasteiger partial charge in [-0.3, -0.25) is 0 Å². The Morgan fingerprint density at radius 3 is 2.76 bits per heavy atom. The van der Waals surface area contributed by atoms with E-state index in [0.717, 1.165) is 38.4 Å². The predicted octanol–water partition coefficient (Wildman–Crippen LogP) is 3.35. The minimum absolute atomic E-state index is 0.566. The van der Waals surface area contributed by atoms with Crippen LogP contribution in [0.1, 0.15) is 0 Å². The number of fused-ring (bicyclic) bond motifs is 2. The minimum atomic E-state index is 0.566. The van der Waals surface area contributed by atoms with Gasteiger partial charge in [0.15, 0.2) is 11.5 Å². The largest absolute Gasteiger partial charge is 0.486 e. The Hall–Kier alpha value is -2.21. The summed E-state index contributed by atoms with van der Waals surface area (Å²) in [5, 5.41) is 0. The molecule has 0 bridgehead atoms. The number of nitrogens with one attached hydrogen (secondary N) is 1. The lowest BCUT2D eigenvalue weighted by molar-refractivity contribution is 0.171. The molecule has 0 unspecified atom stereocenters. The molecule has 2 heterocycles. The zero-order valence-corrected chi connectivity index (χ0v) is 12.6. The van der Waals surface area contributed by atoms with Gasteiger partial charge in [-0.1, -0.05) is 15.9 Å². The van der Waals surface area contributed by atoms with Crippen molar-refractivity contribution >= 4 is 32.7 Å². The molecule has 6 heteroatoms. The third kappa shape index (κ3) is 2.12. The van der Waals surface area contributed by atoms with Crippen LogP contribution in [0.25, 0.3) is 22.4 Å². The summed E-state index contributed by atoms with van der Waals surface area (Å²) in [4.78, 5) is 7.86. The number of aromatic nitrogens is 2. The molecular weight excluding hydrogens is 334 g/mol. The summed E-state index contributed by atoms with van der Waals surface area (Å²) in [5.41, 5.74) is 9.24. The molecule has 21 heavy (non-hydrogen) atoms. The summed E-state index contributed by atoms with van der Waals surface area (Å²) in [5.74, 6) is 2.27. The van der Waals surface area contributed by atoms with Gasteiger partial charge in [-0.2, -0.15) is 0 Å². The van der Waals surface area contributed by atoms with Crippen LogP contribution in [0.15, 0.2) is 34.8 Å². The standard InChI is InChI=1S/C15H12BrN3O2/c16-9-6-10(17)14-11(7-9)18-15(19-14)8-1-2-12-13(5-8)21-4-3-20-12/h1-2,5-7H,3-4,17H2,(H,18,19). The number of halogens is 1. The van der Waals surface area contributed by atoms with E-state index in [9.17, 15) is 0 Å². The van der Waals surface area contributed by atoms with E-state index < -0.39 is 0 Å². The number of H-pyrrole nitrogens is 1. The smallest absolute Gasteiger partial charge is 0.162 e. The number of aromatic amines is 1. The van der Waals surface area contributed by atoms with Crippen molar-refractivity contribution in [2.45, 2.75) is 0 Å². The van der Waals surface area contributed by atoms with Crippen molar-refractivity contribution in [1.82, 2.24) is 9.97 Å². The highest BCUT2D eigenvalue weighted by molar-refractivity contribution is 9.10. The van der Waals surface area contributed by atoms with Crippen molar-refractivity contribution < 1.29 is 9.47 Å². The zero-order chi connectivity index (χ0) is 14.4. The van der Waals surface area contributed by atoms with Gasteiger partial charge in [-0.25, -0.2) is 4.98 Å². The lowest BCUT2D eigenvalue weighted by Gasteiger charge is -2.18. The van der Waals surface area contributed by atoms with E-state index in [2.05, 4.69) is 25.9 Å². The number of benzene rings is 2.